The van der Waals surface area contributed by atoms with Gasteiger partial charge in [-0.05, 0) is 64.0 Å². The number of hydrogen-bond donors (Lipinski definition) is 1. The Morgan fingerprint density at radius 1 is 0.487 bits per heavy atom. The van der Waals surface area contributed by atoms with Crippen LogP contribution in [0.5, 0.6) is 11.5 Å². The van der Waals surface area contributed by atoms with Crippen LogP contribution in [0.3, 0.4) is 0 Å². The largest absolute Gasteiger partial charge is 0.456 e. The lowest BCUT2D eigenvalue weighted by atomic mass is 9.77. The standard InChI is InChI=1S/C35H22Br2O2/c36-23-16-18-28-26-11-3-4-12-27(26)29-19-17-24(37)21-32(29)35(38,31(28)20-23)30-13-5-6-14-34(30)39-33-15-7-9-22-8-1-2-10-25(22)33/h1-21,38H. The predicted octanol–water partition coefficient (Wildman–Crippen LogP) is 10.1. The van der Waals surface area contributed by atoms with E-state index in [0.29, 0.717) is 11.3 Å². The third-order valence-corrected chi connectivity index (χ3v) is 8.48. The lowest BCUT2D eigenvalue weighted by Crippen LogP contribution is -2.30. The molecule has 0 aromatic heterocycles. The van der Waals surface area contributed by atoms with E-state index in [1.54, 1.807) is 0 Å². The zero-order chi connectivity index (χ0) is 26.6. The molecule has 4 heteroatoms. The first-order chi connectivity index (χ1) is 19.0. The molecule has 6 aromatic rings. The molecule has 1 aliphatic rings. The molecule has 0 amide bonds. The van der Waals surface area contributed by atoms with Crippen molar-refractivity contribution < 1.29 is 9.84 Å². The highest BCUT2D eigenvalue weighted by molar-refractivity contribution is 9.10. The quantitative estimate of drug-likeness (QED) is 0.210. The average Bonchev–Trinajstić information content (AvgIpc) is 3.05. The summed E-state index contributed by atoms with van der Waals surface area (Å²) in [5.41, 5.74) is 4.83. The van der Waals surface area contributed by atoms with Crippen molar-refractivity contribution in [1.82, 2.24) is 0 Å². The number of ether oxygens (including phenoxy) is 1. The van der Waals surface area contributed by atoms with E-state index in [9.17, 15) is 5.11 Å². The van der Waals surface area contributed by atoms with Gasteiger partial charge < -0.3 is 9.84 Å². The Bertz CT molecular complexity index is 1810. The van der Waals surface area contributed by atoms with Crippen LogP contribution in [-0.2, 0) is 5.60 Å². The van der Waals surface area contributed by atoms with Gasteiger partial charge in [0.1, 0.15) is 17.1 Å². The van der Waals surface area contributed by atoms with E-state index in [1.165, 1.54) is 0 Å². The lowest BCUT2D eigenvalue weighted by Gasteiger charge is -2.33. The highest BCUT2D eigenvalue weighted by Crippen LogP contribution is 2.53. The van der Waals surface area contributed by atoms with Gasteiger partial charge in [-0.2, -0.15) is 0 Å². The fourth-order valence-corrected chi connectivity index (χ4v) is 6.47. The average molecular weight is 634 g/mol. The Hall–Kier alpha value is -3.70. The van der Waals surface area contributed by atoms with E-state index in [2.05, 4.69) is 74.3 Å². The minimum atomic E-state index is -1.52. The summed E-state index contributed by atoms with van der Waals surface area (Å²) in [4.78, 5) is 0. The minimum absolute atomic E-state index is 0.596. The second kappa shape index (κ2) is 9.49. The Morgan fingerprint density at radius 2 is 1.03 bits per heavy atom. The zero-order valence-electron chi connectivity index (χ0n) is 20.7. The number of fused-ring (bicyclic) bond motifs is 6. The van der Waals surface area contributed by atoms with Crippen molar-refractivity contribution in [3.05, 3.63) is 153 Å². The molecule has 0 saturated heterocycles. The van der Waals surface area contributed by atoms with Crippen molar-refractivity contribution >= 4 is 42.6 Å². The molecule has 7 rings (SSSR count). The van der Waals surface area contributed by atoms with Gasteiger partial charge in [-0.15, -0.1) is 0 Å². The fourth-order valence-electron chi connectivity index (χ4n) is 5.75. The third kappa shape index (κ3) is 3.94. The molecule has 1 aliphatic carbocycles. The van der Waals surface area contributed by atoms with Gasteiger partial charge in [0, 0.05) is 31.0 Å². The number of rotatable bonds is 3. The van der Waals surface area contributed by atoms with Gasteiger partial charge in [0.25, 0.3) is 0 Å². The lowest BCUT2D eigenvalue weighted by molar-refractivity contribution is 0.124. The summed E-state index contributed by atoms with van der Waals surface area (Å²) >= 11 is 7.36. The van der Waals surface area contributed by atoms with E-state index < -0.39 is 5.60 Å². The molecular weight excluding hydrogens is 612 g/mol. The zero-order valence-corrected chi connectivity index (χ0v) is 23.9. The molecule has 0 unspecified atom stereocenters. The summed E-state index contributed by atoms with van der Waals surface area (Å²) in [6.07, 6.45) is 0. The molecule has 0 aliphatic heterocycles. The molecule has 1 N–H and O–H groups in total. The van der Waals surface area contributed by atoms with Gasteiger partial charge in [0.2, 0.25) is 0 Å². The number of benzene rings is 6. The van der Waals surface area contributed by atoms with Crippen LogP contribution in [0, 0.1) is 0 Å². The van der Waals surface area contributed by atoms with Gasteiger partial charge in [-0.3, -0.25) is 0 Å². The summed E-state index contributed by atoms with van der Waals surface area (Å²) in [7, 11) is 0. The molecule has 0 bridgehead atoms. The maximum Gasteiger partial charge on any atom is 0.145 e. The topological polar surface area (TPSA) is 29.5 Å². The van der Waals surface area contributed by atoms with Crippen molar-refractivity contribution in [3.63, 3.8) is 0 Å². The summed E-state index contributed by atoms with van der Waals surface area (Å²) in [6, 6.07) is 42.6. The second-order valence-corrected chi connectivity index (χ2v) is 11.5. The van der Waals surface area contributed by atoms with Crippen LogP contribution in [-0.4, -0.2) is 5.11 Å². The molecule has 6 aromatic carbocycles. The molecule has 39 heavy (non-hydrogen) atoms. The first kappa shape index (κ1) is 24.3. The smallest absolute Gasteiger partial charge is 0.145 e. The maximum absolute atomic E-state index is 13.2. The molecule has 0 heterocycles. The molecule has 2 nitrogen and oxygen atoms in total. The van der Waals surface area contributed by atoms with Crippen molar-refractivity contribution in [2.24, 2.45) is 0 Å². The van der Waals surface area contributed by atoms with E-state index in [1.807, 2.05) is 84.9 Å². The second-order valence-electron chi connectivity index (χ2n) is 9.71. The molecule has 0 fully saturated rings. The van der Waals surface area contributed by atoms with Crippen LogP contribution in [0.2, 0.25) is 0 Å². The van der Waals surface area contributed by atoms with Gasteiger partial charge >= 0.3 is 0 Å². The number of halogens is 2. The SMILES string of the molecule is OC1(c2ccccc2Oc2cccc3ccccc23)c2cc(Br)ccc2-c2ccccc2-c2ccc(Br)cc21. The molecule has 188 valence electrons. The van der Waals surface area contributed by atoms with Crippen LogP contribution in [0.25, 0.3) is 33.0 Å². The Kier molecular flexibility index (Phi) is 5.93. The van der Waals surface area contributed by atoms with E-state index in [-0.39, 0.29) is 0 Å². The van der Waals surface area contributed by atoms with E-state index in [4.69, 9.17) is 4.74 Å². The van der Waals surface area contributed by atoms with Gasteiger partial charge in [-0.1, -0.05) is 123 Å². The highest BCUT2D eigenvalue weighted by atomic mass is 79.9. The van der Waals surface area contributed by atoms with Gasteiger partial charge in [0.05, 0.1) is 0 Å². The third-order valence-electron chi connectivity index (χ3n) is 7.50. The summed E-state index contributed by atoms with van der Waals surface area (Å²) in [5, 5.41) is 15.3. The number of para-hydroxylation sites is 1. The van der Waals surface area contributed by atoms with Gasteiger partial charge in [-0.25, -0.2) is 0 Å². The fraction of sp³-hybridized carbons (Fsp3) is 0.0286. The van der Waals surface area contributed by atoms with Crippen molar-refractivity contribution in [2.75, 3.05) is 0 Å². The Balaban J connectivity index is 1.54. The summed E-state index contributed by atoms with van der Waals surface area (Å²) in [5.74, 6) is 1.34. The number of hydrogen-bond acceptors (Lipinski definition) is 2. The van der Waals surface area contributed by atoms with Gasteiger partial charge in [0.15, 0.2) is 0 Å². The monoisotopic (exact) mass is 632 g/mol. The van der Waals surface area contributed by atoms with Crippen LogP contribution in [0.15, 0.2) is 136 Å². The Labute approximate surface area is 243 Å². The predicted molar refractivity (Wildman–Crippen MR) is 165 cm³/mol. The van der Waals surface area contributed by atoms with Crippen LogP contribution < -0.4 is 4.74 Å². The van der Waals surface area contributed by atoms with Crippen molar-refractivity contribution in [1.29, 1.82) is 0 Å². The normalized spacial score (nSPS) is 13.2. The highest BCUT2D eigenvalue weighted by Gasteiger charge is 2.43. The number of aliphatic hydroxyl groups is 1. The summed E-state index contributed by atoms with van der Waals surface area (Å²) in [6.45, 7) is 0. The minimum Gasteiger partial charge on any atom is -0.456 e. The van der Waals surface area contributed by atoms with Crippen molar-refractivity contribution in [3.8, 4) is 33.8 Å². The molecule has 0 spiro atoms. The van der Waals surface area contributed by atoms with Crippen LogP contribution in [0.1, 0.15) is 16.7 Å². The first-order valence-electron chi connectivity index (χ1n) is 12.7. The molecular formula is C35H22Br2O2. The van der Waals surface area contributed by atoms with Crippen LogP contribution >= 0.6 is 31.9 Å². The van der Waals surface area contributed by atoms with E-state index in [0.717, 1.165) is 58.8 Å². The Morgan fingerprint density at radius 3 is 1.72 bits per heavy atom. The summed E-state index contributed by atoms with van der Waals surface area (Å²) < 4.78 is 8.45. The first-order valence-corrected chi connectivity index (χ1v) is 14.3. The van der Waals surface area contributed by atoms with Crippen LogP contribution in [0.4, 0.5) is 0 Å². The van der Waals surface area contributed by atoms with E-state index >= 15 is 0 Å². The molecule has 0 saturated carbocycles. The molecule has 0 atom stereocenters. The maximum atomic E-state index is 13.2. The van der Waals surface area contributed by atoms with Crippen molar-refractivity contribution in [2.45, 2.75) is 5.60 Å². The molecule has 0 radical (unpaired) electrons.